The van der Waals surface area contributed by atoms with Crippen LogP contribution >= 0.6 is 0 Å². The number of carbonyl (C=O) groups excluding carboxylic acids is 1. The minimum atomic E-state index is -0.0805. The van der Waals surface area contributed by atoms with Crippen LogP contribution in [-0.4, -0.2) is 62.3 Å². The first-order chi connectivity index (χ1) is 11.4. The van der Waals surface area contributed by atoms with E-state index in [4.69, 9.17) is 4.52 Å². The van der Waals surface area contributed by atoms with Gasteiger partial charge in [0.15, 0.2) is 5.82 Å². The minimum absolute atomic E-state index is 0.0149. The van der Waals surface area contributed by atoms with Gasteiger partial charge < -0.3 is 9.42 Å². The van der Waals surface area contributed by atoms with Crippen LogP contribution in [0.25, 0.3) is 0 Å². The second-order valence-electron chi connectivity index (χ2n) is 6.68. The number of hydrogen-bond donors (Lipinski definition) is 0. The lowest BCUT2D eigenvalue weighted by Crippen LogP contribution is -2.49. The van der Waals surface area contributed by atoms with Gasteiger partial charge in [-0.1, -0.05) is 19.0 Å². The maximum atomic E-state index is 13.0. The van der Waals surface area contributed by atoms with E-state index < -0.39 is 0 Å². The molecular weight excluding hydrogens is 308 g/mol. The highest BCUT2D eigenvalue weighted by Crippen LogP contribution is 2.25. The average molecular weight is 332 g/mol. The van der Waals surface area contributed by atoms with Crippen molar-refractivity contribution in [2.24, 2.45) is 7.05 Å². The van der Waals surface area contributed by atoms with Crippen molar-refractivity contribution in [1.29, 1.82) is 0 Å². The van der Waals surface area contributed by atoms with Crippen LogP contribution in [0.1, 0.15) is 53.6 Å². The van der Waals surface area contributed by atoms with Gasteiger partial charge in [-0.05, 0) is 19.9 Å². The molecule has 130 valence electrons. The van der Waals surface area contributed by atoms with Crippen molar-refractivity contribution in [3.63, 3.8) is 0 Å². The number of aromatic nitrogens is 4. The van der Waals surface area contributed by atoms with E-state index in [2.05, 4.69) is 20.1 Å². The highest BCUT2D eigenvalue weighted by Gasteiger charge is 2.33. The largest absolute Gasteiger partial charge is 0.338 e. The van der Waals surface area contributed by atoms with Crippen LogP contribution in [0.15, 0.2) is 10.7 Å². The van der Waals surface area contributed by atoms with Gasteiger partial charge in [0.25, 0.3) is 5.91 Å². The van der Waals surface area contributed by atoms with Gasteiger partial charge in [-0.15, -0.1) is 0 Å². The van der Waals surface area contributed by atoms with Gasteiger partial charge in [-0.25, -0.2) is 0 Å². The standard InChI is InChI=1S/C16H24N6O2/c1-10(2)14-12(8-21(5)18-14)16(23)22-7-6-20(4)13(9-22)15-17-11(3)19-24-15/h8,10,13H,6-7,9H2,1-5H3/t13-/m1/s1. The number of likely N-dealkylation sites (N-methyl/N-ethyl adjacent to an activating group) is 1. The zero-order chi connectivity index (χ0) is 17.4. The molecule has 1 aliphatic rings. The molecule has 2 aromatic rings. The van der Waals surface area contributed by atoms with E-state index in [1.807, 2.05) is 39.0 Å². The first kappa shape index (κ1) is 16.6. The molecule has 0 aliphatic carbocycles. The van der Waals surface area contributed by atoms with E-state index in [0.717, 1.165) is 12.2 Å². The fraction of sp³-hybridized carbons (Fsp3) is 0.625. The summed E-state index contributed by atoms with van der Waals surface area (Å²) in [7, 11) is 3.85. The van der Waals surface area contributed by atoms with E-state index in [1.54, 1.807) is 11.6 Å². The van der Waals surface area contributed by atoms with Gasteiger partial charge in [-0.2, -0.15) is 10.1 Å². The average Bonchev–Trinajstić information content (AvgIpc) is 3.13. The summed E-state index contributed by atoms with van der Waals surface area (Å²) in [5.41, 5.74) is 1.52. The highest BCUT2D eigenvalue weighted by molar-refractivity contribution is 5.95. The van der Waals surface area contributed by atoms with Crippen molar-refractivity contribution in [3.8, 4) is 0 Å². The Morgan fingerprint density at radius 1 is 1.33 bits per heavy atom. The van der Waals surface area contributed by atoms with Crippen LogP contribution < -0.4 is 0 Å². The zero-order valence-electron chi connectivity index (χ0n) is 14.9. The van der Waals surface area contributed by atoms with Crippen LogP contribution in [0.2, 0.25) is 0 Å². The van der Waals surface area contributed by atoms with Gasteiger partial charge in [-0.3, -0.25) is 14.4 Å². The lowest BCUT2D eigenvalue weighted by atomic mass is 10.0. The molecule has 1 atom stereocenters. The predicted octanol–water partition coefficient (Wildman–Crippen LogP) is 1.36. The van der Waals surface area contributed by atoms with E-state index in [0.29, 0.717) is 30.4 Å². The van der Waals surface area contributed by atoms with E-state index in [9.17, 15) is 4.79 Å². The Balaban J connectivity index is 1.83. The Morgan fingerprint density at radius 3 is 2.71 bits per heavy atom. The lowest BCUT2D eigenvalue weighted by Gasteiger charge is -2.37. The van der Waals surface area contributed by atoms with Gasteiger partial charge in [0, 0.05) is 32.9 Å². The molecule has 1 amide bonds. The van der Waals surface area contributed by atoms with Crippen LogP contribution in [0, 0.1) is 6.92 Å². The summed E-state index contributed by atoms with van der Waals surface area (Å²) in [5.74, 6) is 1.38. The summed E-state index contributed by atoms with van der Waals surface area (Å²) < 4.78 is 7.02. The van der Waals surface area contributed by atoms with Gasteiger partial charge >= 0.3 is 0 Å². The normalized spacial score (nSPS) is 19.2. The van der Waals surface area contributed by atoms with Crippen molar-refractivity contribution in [2.45, 2.75) is 32.7 Å². The number of amides is 1. The fourth-order valence-corrected chi connectivity index (χ4v) is 3.04. The molecule has 24 heavy (non-hydrogen) atoms. The molecule has 2 aromatic heterocycles. The molecule has 0 unspecified atom stereocenters. The van der Waals surface area contributed by atoms with Gasteiger partial charge in [0.2, 0.25) is 5.89 Å². The number of piperazine rings is 1. The fourth-order valence-electron chi connectivity index (χ4n) is 3.04. The third-order valence-corrected chi connectivity index (χ3v) is 4.40. The van der Waals surface area contributed by atoms with Gasteiger partial charge in [0.1, 0.15) is 6.04 Å². The topological polar surface area (TPSA) is 80.3 Å². The SMILES string of the molecule is Cc1noc([C@H]2CN(C(=O)c3cn(C)nc3C(C)C)CCN2C)n1. The number of hydrogen-bond acceptors (Lipinski definition) is 6. The Kier molecular flexibility index (Phi) is 4.40. The molecule has 0 N–H and O–H groups in total. The molecule has 0 spiro atoms. The van der Waals surface area contributed by atoms with E-state index in [-0.39, 0.29) is 17.9 Å². The van der Waals surface area contributed by atoms with E-state index >= 15 is 0 Å². The molecule has 0 bridgehead atoms. The van der Waals surface area contributed by atoms with Gasteiger partial charge in [0.05, 0.1) is 11.3 Å². The van der Waals surface area contributed by atoms with Crippen molar-refractivity contribution in [2.75, 3.05) is 26.7 Å². The highest BCUT2D eigenvalue weighted by atomic mass is 16.5. The molecule has 0 radical (unpaired) electrons. The summed E-state index contributed by atoms with van der Waals surface area (Å²) in [6, 6.07) is -0.0805. The summed E-state index contributed by atoms with van der Waals surface area (Å²) in [6.45, 7) is 7.85. The number of carbonyl (C=O) groups is 1. The number of nitrogens with zero attached hydrogens (tertiary/aromatic N) is 6. The Morgan fingerprint density at radius 2 is 2.08 bits per heavy atom. The predicted molar refractivity (Wildman–Crippen MR) is 87.6 cm³/mol. The Bertz CT molecular complexity index is 735. The first-order valence-electron chi connectivity index (χ1n) is 8.20. The van der Waals surface area contributed by atoms with Crippen molar-refractivity contribution in [1.82, 2.24) is 29.7 Å². The first-order valence-corrected chi connectivity index (χ1v) is 8.20. The molecule has 1 fully saturated rings. The van der Waals surface area contributed by atoms with Crippen molar-refractivity contribution in [3.05, 3.63) is 29.2 Å². The maximum Gasteiger partial charge on any atom is 0.257 e. The van der Waals surface area contributed by atoms with E-state index in [1.165, 1.54) is 0 Å². The van der Waals surface area contributed by atoms with Crippen LogP contribution in [0.3, 0.4) is 0 Å². The molecular formula is C16H24N6O2. The summed E-state index contributed by atoms with van der Waals surface area (Å²) in [5, 5.41) is 8.30. The molecule has 0 saturated carbocycles. The summed E-state index contributed by atoms with van der Waals surface area (Å²) in [4.78, 5) is 21.3. The molecule has 3 heterocycles. The second-order valence-corrected chi connectivity index (χ2v) is 6.68. The Labute approximate surface area is 141 Å². The van der Waals surface area contributed by atoms with Crippen molar-refractivity contribution >= 4 is 5.91 Å². The molecule has 0 aromatic carbocycles. The number of rotatable bonds is 3. The third kappa shape index (κ3) is 3.06. The lowest BCUT2D eigenvalue weighted by molar-refractivity contribution is 0.0487. The smallest absolute Gasteiger partial charge is 0.257 e. The molecule has 8 heteroatoms. The maximum absolute atomic E-state index is 13.0. The van der Waals surface area contributed by atoms with Crippen LogP contribution in [0.5, 0.6) is 0 Å². The van der Waals surface area contributed by atoms with Crippen LogP contribution in [-0.2, 0) is 7.05 Å². The summed E-state index contributed by atoms with van der Waals surface area (Å²) >= 11 is 0. The minimum Gasteiger partial charge on any atom is -0.338 e. The molecule has 1 aliphatic heterocycles. The summed E-state index contributed by atoms with van der Waals surface area (Å²) in [6.07, 6.45) is 1.81. The third-order valence-electron chi connectivity index (χ3n) is 4.40. The second kappa shape index (κ2) is 6.35. The zero-order valence-corrected chi connectivity index (χ0v) is 14.9. The molecule has 8 nitrogen and oxygen atoms in total. The van der Waals surface area contributed by atoms with Crippen LogP contribution in [0.4, 0.5) is 0 Å². The molecule has 1 saturated heterocycles. The Hall–Kier alpha value is -2.22. The number of aryl methyl sites for hydroxylation is 2. The monoisotopic (exact) mass is 332 g/mol. The van der Waals surface area contributed by atoms with Crippen molar-refractivity contribution < 1.29 is 9.32 Å². The molecule has 3 rings (SSSR count). The quantitative estimate of drug-likeness (QED) is 0.844.